The molecule has 0 atom stereocenters. The minimum absolute atomic E-state index is 0.170. The first-order valence-corrected chi connectivity index (χ1v) is 6.11. The topological polar surface area (TPSA) is 15.8 Å². The van der Waals surface area contributed by atoms with Crippen molar-refractivity contribution >= 4 is 22.5 Å². The number of nitrogens with one attached hydrogen (secondary N) is 1. The van der Waals surface area contributed by atoms with Crippen molar-refractivity contribution < 1.29 is 4.39 Å². The third-order valence-electron chi connectivity index (χ3n) is 2.96. The summed E-state index contributed by atoms with van der Waals surface area (Å²) >= 11 is 5.77. The summed E-state index contributed by atoms with van der Waals surface area (Å²) in [6, 6.07) is 15.0. The highest BCUT2D eigenvalue weighted by molar-refractivity contribution is 6.30. The van der Waals surface area contributed by atoms with E-state index in [1.54, 1.807) is 12.1 Å². The van der Waals surface area contributed by atoms with Gasteiger partial charge >= 0.3 is 0 Å². The summed E-state index contributed by atoms with van der Waals surface area (Å²) < 4.78 is 13.1. The van der Waals surface area contributed by atoms with E-state index in [4.69, 9.17) is 11.6 Å². The lowest BCUT2D eigenvalue weighted by atomic mass is 10.1. The lowest BCUT2D eigenvalue weighted by Gasteiger charge is -2.00. The van der Waals surface area contributed by atoms with Crippen LogP contribution in [0.25, 0.3) is 10.9 Å². The largest absolute Gasteiger partial charge is 0.358 e. The highest BCUT2D eigenvalue weighted by atomic mass is 35.5. The van der Waals surface area contributed by atoms with Crippen molar-refractivity contribution in [2.24, 2.45) is 0 Å². The minimum atomic E-state index is -0.378. The summed E-state index contributed by atoms with van der Waals surface area (Å²) in [5.74, 6) is -0.378. The fourth-order valence-electron chi connectivity index (χ4n) is 2.10. The van der Waals surface area contributed by atoms with Crippen LogP contribution in [0, 0.1) is 5.82 Å². The smallest absolute Gasteiger partial charge is 0.141 e. The van der Waals surface area contributed by atoms with Gasteiger partial charge < -0.3 is 4.98 Å². The lowest BCUT2D eigenvalue weighted by molar-refractivity contribution is 0.627. The Balaban J connectivity index is 1.93. The number of para-hydroxylation sites is 1. The van der Waals surface area contributed by atoms with Gasteiger partial charge in [-0.1, -0.05) is 35.9 Å². The van der Waals surface area contributed by atoms with E-state index in [1.165, 1.54) is 11.5 Å². The molecule has 0 fully saturated rings. The Bertz CT molecular complexity index is 670. The standard InChI is InChI=1S/C15H11ClFN/c16-13-8-10(5-6-14(13)17)7-12-9-11-3-1-2-4-15(11)18-12/h1-6,8-9,18H,7H2. The van der Waals surface area contributed by atoms with E-state index in [0.717, 1.165) is 16.8 Å². The van der Waals surface area contributed by atoms with Crippen LogP contribution >= 0.6 is 11.6 Å². The lowest BCUT2D eigenvalue weighted by Crippen LogP contribution is -1.89. The van der Waals surface area contributed by atoms with Crippen LogP contribution < -0.4 is 0 Å². The summed E-state index contributed by atoms with van der Waals surface area (Å²) in [5.41, 5.74) is 3.20. The number of hydrogen-bond donors (Lipinski definition) is 1. The molecule has 0 aliphatic rings. The Morgan fingerprint density at radius 1 is 1.06 bits per heavy atom. The number of aromatic nitrogens is 1. The van der Waals surface area contributed by atoms with E-state index in [0.29, 0.717) is 6.42 Å². The normalized spacial score (nSPS) is 11.0. The van der Waals surface area contributed by atoms with Gasteiger partial charge in [-0.25, -0.2) is 4.39 Å². The molecular formula is C15H11ClFN. The van der Waals surface area contributed by atoms with Crippen molar-refractivity contribution in [3.63, 3.8) is 0 Å². The van der Waals surface area contributed by atoms with Crippen molar-refractivity contribution in [3.05, 3.63) is 70.6 Å². The van der Waals surface area contributed by atoms with E-state index < -0.39 is 0 Å². The molecule has 3 rings (SSSR count). The molecule has 0 aliphatic carbocycles. The number of fused-ring (bicyclic) bond motifs is 1. The number of hydrogen-bond acceptors (Lipinski definition) is 0. The molecule has 3 aromatic rings. The molecule has 0 bridgehead atoms. The van der Waals surface area contributed by atoms with E-state index in [9.17, 15) is 4.39 Å². The van der Waals surface area contributed by atoms with Gasteiger partial charge in [-0.2, -0.15) is 0 Å². The van der Waals surface area contributed by atoms with Gasteiger partial charge in [0.15, 0.2) is 0 Å². The summed E-state index contributed by atoms with van der Waals surface area (Å²) in [7, 11) is 0. The third-order valence-corrected chi connectivity index (χ3v) is 3.25. The second kappa shape index (κ2) is 4.46. The molecule has 0 saturated carbocycles. The maximum Gasteiger partial charge on any atom is 0.141 e. The molecule has 0 amide bonds. The van der Waals surface area contributed by atoms with Crippen molar-refractivity contribution in [2.75, 3.05) is 0 Å². The molecule has 0 aliphatic heterocycles. The summed E-state index contributed by atoms with van der Waals surface area (Å²) in [5, 5.41) is 1.35. The molecule has 0 saturated heterocycles. The Morgan fingerprint density at radius 3 is 2.67 bits per heavy atom. The SMILES string of the molecule is Fc1ccc(Cc2cc3ccccc3[nH]2)cc1Cl. The fraction of sp³-hybridized carbons (Fsp3) is 0.0667. The van der Waals surface area contributed by atoms with Crippen LogP contribution in [-0.4, -0.2) is 4.98 Å². The maximum absolute atomic E-state index is 13.1. The van der Waals surface area contributed by atoms with E-state index in [1.807, 2.05) is 18.2 Å². The molecule has 1 heterocycles. The second-order valence-corrected chi connectivity index (χ2v) is 4.71. The fourth-order valence-corrected chi connectivity index (χ4v) is 2.30. The molecule has 90 valence electrons. The van der Waals surface area contributed by atoms with Crippen LogP contribution in [0.1, 0.15) is 11.3 Å². The van der Waals surface area contributed by atoms with Gasteiger partial charge in [0.25, 0.3) is 0 Å². The van der Waals surface area contributed by atoms with Crippen LogP contribution in [0.4, 0.5) is 4.39 Å². The zero-order valence-corrected chi connectivity index (χ0v) is 10.3. The second-order valence-electron chi connectivity index (χ2n) is 4.31. The molecule has 1 aromatic heterocycles. The average Bonchev–Trinajstić information content (AvgIpc) is 2.76. The predicted octanol–water partition coefficient (Wildman–Crippen LogP) is 4.55. The molecule has 2 aromatic carbocycles. The van der Waals surface area contributed by atoms with Crippen LogP contribution in [0.15, 0.2) is 48.5 Å². The van der Waals surface area contributed by atoms with Gasteiger partial charge in [0.1, 0.15) is 5.82 Å². The molecule has 18 heavy (non-hydrogen) atoms. The zero-order chi connectivity index (χ0) is 12.5. The van der Waals surface area contributed by atoms with Crippen LogP contribution in [-0.2, 0) is 6.42 Å². The maximum atomic E-state index is 13.1. The zero-order valence-electron chi connectivity index (χ0n) is 9.58. The first kappa shape index (κ1) is 11.3. The Morgan fingerprint density at radius 2 is 1.89 bits per heavy atom. The van der Waals surface area contributed by atoms with Gasteiger partial charge in [-0.3, -0.25) is 0 Å². The number of benzene rings is 2. The number of halogens is 2. The highest BCUT2D eigenvalue weighted by Gasteiger charge is 2.04. The van der Waals surface area contributed by atoms with Crippen molar-refractivity contribution in [1.29, 1.82) is 0 Å². The summed E-state index contributed by atoms with van der Waals surface area (Å²) in [6.07, 6.45) is 0.717. The van der Waals surface area contributed by atoms with E-state index >= 15 is 0 Å². The Labute approximate surface area is 109 Å². The van der Waals surface area contributed by atoms with Crippen LogP contribution in [0.5, 0.6) is 0 Å². The van der Waals surface area contributed by atoms with E-state index in [-0.39, 0.29) is 10.8 Å². The first-order valence-electron chi connectivity index (χ1n) is 5.73. The molecule has 1 N–H and O–H groups in total. The predicted molar refractivity (Wildman–Crippen MR) is 72.5 cm³/mol. The number of aromatic amines is 1. The average molecular weight is 260 g/mol. The summed E-state index contributed by atoms with van der Waals surface area (Å²) in [6.45, 7) is 0. The van der Waals surface area contributed by atoms with Crippen molar-refractivity contribution in [3.8, 4) is 0 Å². The van der Waals surface area contributed by atoms with E-state index in [2.05, 4.69) is 17.1 Å². The quantitative estimate of drug-likeness (QED) is 0.695. The van der Waals surface area contributed by atoms with Crippen molar-refractivity contribution in [2.45, 2.75) is 6.42 Å². The van der Waals surface area contributed by atoms with Gasteiger partial charge in [-0.15, -0.1) is 0 Å². The molecule has 0 unspecified atom stereocenters. The van der Waals surface area contributed by atoms with Gasteiger partial charge in [0, 0.05) is 17.6 Å². The molecule has 0 radical (unpaired) electrons. The summed E-state index contributed by atoms with van der Waals surface area (Å²) in [4.78, 5) is 3.34. The molecule has 3 heteroatoms. The monoisotopic (exact) mass is 259 g/mol. The third kappa shape index (κ3) is 2.12. The Kier molecular flexibility index (Phi) is 2.80. The van der Waals surface area contributed by atoms with Gasteiger partial charge in [0.05, 0.1) is 5.02 Å². The van der Waals surface area contributed by atoms with Crippen molar-refractivity contribution in [1.82, 2.24) is 4.98 Å². The van der Waals surface area contributed by atoms with Gasteiger partial charge in [-0.05, 0) is 35.2 Å². The van der Waals surface area contributed by atoms with Crippen LogP contribution in [0.3, 0.4) is 0 Å². The first-order chi connectivity index (χ1) is 8.72. The number of rotatable bonds is 2. The molecular weight excluding hydrogens is 249 g/mol. The van der Waals surface area contributed by atoms with Gasteiger partial charge in [0.2, 0.25) is 0 Å². The minimum Gasteiger partial charge on any atom is -0.358 e. The molecule has 1 nitrogen and oxygen atoms in total. The highest BCUT2D eigenvalue weighted by Crippen LogP contribution is 2.20. The van der Waals surface area contributed by atoms with Crippen LogP contribution in [0.2, 0.25) is 5.02 Å². The Hall–Kier alpha value is -1.80. The molecule has 0 spiro atoms. The number of H-pyrrole nitrogens is 1.